The molecule has 0 heterocycles. The Kier molecular flexibility index (Phi) is 9.52. The molecule has 0 unspecified atom stereocenters. The van der Waals surface area contributed by atoms with Crippen molar-refractivity contribution in [1.82, 2.24) is 0 Å². The molecule has 0 spiro atoms. The fraction of sp³-hybridized carbons (Fsp3) is 1.00. The molecular weight excluding hydrogens is 148 g/mol. The number of rotatable bonds is 7. The number of hydrogen-bond donors (Lipinski definition) is 2. The highest BCUT2D eigenvalue weighted by Crippen LogP contribution is 2.04. The lowest BCUT2D eigenvalue weighted by molar-refractivity contribution is 0.284. The minimum Gasteiger partial charge on any atom is -0.396 e. The van der Waals surface area contributed by atoms with E-state index in [9.17, 15) is 0 Å². The summed E-state index contributed by atoms with van der Waals surface area (Å²) in [5.41, 5.74) is 0. The molecule has 2 nitrogen and oxygen atoms in total. The summed E-state index contributed by atoms with van der Waals surface area (Å²) in [6.07, 6.45) is 3.18. The summed E-state index contributed by atoms with van der Waals surface area (Å²) in [6.45, 7) is 0.593. The third-order valence-corrected chi connectivity index (χ3v) is 2.23. The smallest absolute Gasteiger partial charge is 0.0521 e. The Hall–Kier alpha value is 0.270. The van der Waals surface area contributed by atoms with Crippen molar-refractivity contribution < 1.29 is 10.2 Å². The number of unbranched alkanes of at least 4 members (excludes halogenated alkanes) is 2. The standard InChI is InChI=1S/C7H16O2S/c8-4-2-1-3-6-10-7-5-9/h8-9H,1-7H2. The Morgan fingerprint density at radius 2 is 1.60 bits per heavy atom. The molecule has 0 saturated heterocycles. The minimum absolute atomic E-state index is 0.282. The van der Waals surface area contributed by atoms with Crippen LogP contribution in [0.5, 0.6) is 0 Å². The zero-order chi connectivity index (χ0) is 7.66. The van der Waals surface area contributed by atoms with Crippen LogP contribution in [-0.4, -0.2) is 34.9 Å². The number of thioether (sulfide) groups is 1. The number of aliphatic hydroxyl groups is 2. The summed E-state index contributed by atoms with van der Waals surface area (Å²) >= 11 is 1.77. The molecular formula is C7H16O2S. The lowest BCUT2D eigenvalue weighted by Gasteiger charge is -1.97. The first-order valence-electron chi connectivity index (χ1n) is 3.71. The monoisotopic (exact) mass is 164 g/mol. The van der Waals surface area contributed by atoms with Crippen molar-refractivity contribution in [2.24, 2.45) is 0 Å². The Morgan fingerprint density at radius 1 is 0.800 bits per heavy atom. The van der Waals surface area contributed by atoms with Crippen LogP contribution in [0.15, 0.2) is 0 Å². The van der Waals surface area contributed by atoms with Crippen LogP contribution in [0.4, 0.5) is 0 Å². The Bertz CT molecular complexity index is 51.6. The van der Waals surface area contributed by atoms with E-state index in [4.69, 9.17) is 10.2 Å². The van der Waals surface area contributed by atoms with Crippen LogP contribution >= 0.6 is 11.8 Å². The van der Waals surface area contributed by atoms with E-state index in [0.717, 1.165) is 30.8 Å². The summed E-state index contributed by atoms with van der Waals surface area (Å²) in [5.74, 6) is 1.96. The van der Waals surface area contributed by atoms with Crippen LogP contribution in [0.2, 0.25) is 0 Å². The fourth-order valence-electron chi connectivity index (χ4n) is 0.659. The van der Waals surface area contributed by atoms with Gasteiger partial charge in [0.25, 0.3) is 0 Å². The zero-order valence-corrected chi connectivity index (χ0v) is 7.07. The van der Waals surface area contributed by atoms with E-state index in [1.165, 1.54) is 0 Å². The SMILES string of the molecule is OCCCCCSCCO. The van der Waals surface area contributed by atoms with Crippen molar-refractivity contribution in [2.45, 2.75) is 19.3 Å². The normalized spacial score (nSPS) is 10.2. The largest absolute Gasteiger partial charge is 0.396 e. The van der Waals surface area contributed by atoms with Crippen LogP contribution < -0.4 is 0 Å². The first-order chi connectivity index (χ1) is 4.91. The summed E-state index contributed by atoms with van der Waals surface area (Å²) in [6, 6.07) is 0. The fourth-order valence-corrected chi connectivity index (χ4v) is 1.40. The highest BCUT2D eigenvalue weighted by molar-refractivity contribution is 7.99. The topological polar surface area (TPSA) is 40.5 Å². The van der Waals surface area contributed by atoms with Crippen molar-refractivity contribution in [3.63, 3.8) is 0 Å². The maximum absolute atomic E-state index is 8.42. The summed E-state index contributed by atoms with van der Waals surface area (Å²) in [7, 11) is 0. The second-order valence-corrected chi connectivity index (χ2v) is 3.34. The number of aliphatic hydroxyl groups excluding tert-OH is 2. The van der Waals surface area contributed by atoms with E-state index >= 15 is 0 Å². The quantitative estimate of drug-likeness (QED) is 0.549. The van der Waals surface area contributed by atoms with Crippen molar-refractivity contribution in [1.29, 1.82) is 0 Å². The zero-order valence-electron chi connectivity index (χ0n) is 6.25. The average molecular weight is 164 g/mol. The van der Waals surface area contributed by atoms with Crippen molar-refractivity contribution in [3.8, 4) is 0 Å². The Labute approximate surface area is 66.6 Å². The van der Waals surface area contributed by atoms with Crippen LogP contribution in [0, 0.1) is 0 Å². The van der Waals surface area contributed by atoms with Gasteiger partial charge >= 0.3 is 0 Å². The third kappa shape index (κ3) is 8.27. The van der Waals surface area contributed by atoms with Gasteiger partial charge in [-0.25, -0.2) is 0 Å². The van der Waals surface area contributed by atoms with Gasteiger partial charge in [-0.3, -0.25) is 0 Å². The van der Waals surface area contributed by atoms with E-state index in [0.29, 0.717) is 6.61 Å². The number of hydrogen-bond acceptors (Lipinski definition) is 3. The molecule has 62 valence electrons. The predicted octanol–water partition coefficient (Wildman–Crippen LogP) is 0.875. The first kappa shape index (κ1) is 10.3. The van der Waals surface area contributed by atoms with E-state index < -0.39 is 0 Å². The molecule has 0 aromatic heterocycles. The second-order valence-electron chi connectivity index (χ2n) is 2.12. The van der Waals surface area contributed by atoms with Crippen molar-refractivity contribution in [2.75, 3.05) is 24.7 Å². The van der Waals surface area contributed by atoms with E-state index in [-0.39, 0.29) is 6.61 Å². The summed E-state index contributed by atoms with van der Waals surface area (Å²) in [5, 5.41) is 16.8. The molecule has 0 rings (SSSR count). The van der Waals surface area contributed by atoms with Gasteiger partial charge in [-0.15, -0.1) is 0 Å². The third-order valence-electron chi connectivity index (χ3n) is 1.18. The van der Waals surface area contributed by atoms with Crippen LogP contribution in [0.3, 0.4) is 0 Å². The molecule has 0 saturated carbocycles. The van der Waals surface area contributed by atoms with Gasteiger partial charge in [0.1, 0.15) is 0 Å². The molecule has 3 heteroatoms. The lowest BCUT2D eigenvalue weighted by Crippen LogP contribution is -1.89. The molecule has 0 aliphatic rings. The van der Waals surface area contributed by atoms with Gasteiger partial charge in [-0.05, 0) is 18.6 Å². The predicted molar refractivity (Wildman–Crippen MR) is 45.3 cm³/mol. The molecule has 10 heavy (non-hydrogen) atoms. The van der Waals surface area contributed by atoms with Gasteiger partial charge < -0.3 is 10.2 Å². The van der Waals surface area contributed by atoms with Gasteiger partial charge in [0, 0.05) is 12.4 Å². The van der Waals surface area contributed by atoms with Gasteiger partial charge in [-0.1, -0.05) is 6.42 Å². The van der Waals surface area contributed by atoms with Gasteiger partial charge in [0.2, 0.25) is 0 Å². The van der Waals surface area contributed by atoms with Crippen molar-refractivity contribution in [3.05, 3.63) is 0 Å². The van der Waals surface area contributed by atoms with E-state index in [1.807, 2.05) is 0 Å². The Balaban J connectivity index is 2.65. The molecule has 0 bridgehead atoms. The Morgan fingerprint density at radius 3 is 2.20 bits per heavy atom. The molecule has 0 aliphatic carbocycles. The van der Waals surface area contributed by atoms with Crippen LogP contribution in [0.25, 0.3) is 0 Å². The molecule has 0 radical (unpaired) electrons. The highest BCUT2D eigenvalue weighted by Gasteiger charge is 1.88. The van der Waals surface area contributed by atoms with Crippen LogP contribution in [0.1, 0.15) is 19.3 Å². The molecule has 0 aliphatic heterocycles. The van der Waals surface area contributed by atoms with Gasteiger partial charge in [0.15, 0.2) is 0 Å². The molecule has 0 aromatic carbocycles. The lowest BCUT2D eigenvalue weighted by atomic mass is 10.3. The highest BCUT2D eigenvalue weighted by atomic mass is 32.2. The molecule has 0 aromatic rings. The van der Waals surface area contributed by atoms with Crippen LogP contribution in [-0.2, 0) is 0 Å². The molecule has 2 N–H and O–H groups in total. The van der Waals surface area contributed by atoms with Crippen molar-refractivity contribution >= 4 is 11.8 Å². The second kappa shape index (κ2) is 9.27. The first-order valence-corrected chi connectivity index (χ1v) is 4.86. The molecule has 0 fully saturated rings. The maximum atomic E-state index is 8.42. The summed E-state index contributed by atoms with van der Waals surface area (Å²) in [4.78, 5) is 0. The van der Waals surface area contributed by atoms with Gasteiger partial charge in [-0.2, -0.15) is 11.8 Å². The van der Waals surface area contributed by atoms with E-state index in [2.05, 4.69) is 0 Å². The van der Waals surface area contributed by atoms with Gasteiger partial charge in [0.05, 0.1) is 6.61 Å². The average Bonchev–Trinajstić information content (AvgIpc) is 1.97. The molecule has 0 atom stereocenters. The van der Waals surface area contributed by atoms with E-state index in [1.54, 1.807) is 11.8 Å². The molecule has 0 amide bonds. The summed E-state index contributed by atoms with van der Waals surface area (Å²) < 4.78 is 0. The minimum atomic E-state index is 0.282. The maximum Gasteiger partial charge on any atom is 0.0521 e.